The Labute approximate surface area is 144 Å². The van der Waals surface area contributed by atoms with Crippen LogP contribution < -0.4 is 0 Å². The predicted molar refractivity (Wildman–Crippen MR) is 100 cm³/mol. The van der Waals surface area contributed by atoms with Crippen molar-refractivity contribution >= 4 is 36.9 Å². The van der Waals surface area contributed by atoms with Gasteiger partial charge in [-0.2, -0.15) is 0 Å². The van der Waals surface area contributed by atoms with Gasteiger partial charge in [0, 0.05) is 6.42 Å². The highest BCUT2D eigenvalue weighted by atomic mass is 127. The molecule has 3 nitrogen and oxygen atoms in total. The number of hydrogen-bond donors (Lipinski definition) is 0. The molecule has 0 amide bonds. The maximum atomic E-state index is 11.0. The van der Waals surface area contributed by atoms with E-state index < -0.39 is 8.32 Å². The summed E-state index contributed by atoms with van der Waals surface area (Å²) in [6.45, 7) is 11.3. The molecule has 1 atom stereocenters. The Bertz CT molecular complexity index is 370. The van der Waals surface area contributed by atoms with Crippen molar-refractivity contribution in [3.05, 3.63) is 22.3 Å². The SMILES string of the molecule is COC(=O)CC/C=C\C[C@H](/C=C/I)O[Si](C)(C)C(C)(C)C. The molecule has 0 rings (SSSR count). The molecule has 0 heterocycles. The molecule has 0 saturated carbocycles. The second-order valence-corrected chi connectivity index (χ2v) is 12.0. The third kappa shape index (κ3) is 8.78. The third-order valence-corrected chi connectivity index (χ3v) is 8.74. The van der Waals surface area contributed by atoms with Gasteiger partial charge < -0.3 is 9.16 Å². The summed E-state index contributed by atoms with van der Waals surface area (Å²) >= 11 is 2.23. The van der Waals surface area contributed by atoms with E-state index >= 15 is 0 Å². The summed E-state index contributed by atoms with van der Waals surface area (Å²) in [4.78, 5) is 11.0. The lowest BCUT2D eigenvalue weighted by Gasteiger charge is -2.38. The monoisotopic (exact) mass is 424 g/mol. The summed E-state index contributed by atoms with van der Waals surface area (Å²) in [5, 5.41) is 0.207. The summed E-state index contributed by atoms with van der Waals surface area (Å²) < 4.78 is 13.0. The van der Waals surface area contributed by atoms with Crippen molar-refractivity contribution in [3.8, 4) is 0 Å². The summed E-state index contributed by atoms with van der Waals surface area (Å²) in [5.41, 5.74) is 0. The van der Waals surface area contributed by atoms with Crippen LogP contribution in [0.1, 0.15) is 40.0 Å². The van der Waals surface area contributed by atoms with Crippen molar-refractivity contribution in [2.75, 3.05) is 7.11 Å². The smallest absolute Gasteiger partial charge is 0.305 e. The molecule has 21 heavy (non-hydrogen) atoms. The van der Waals surface area contributed by atoms with Crippen molar-refractivity contribution in [1.29, 1.82) is 0 Å². The fourth-order valence-electron chi connectivity index (χ4n) is 1.45. The van der Waals surface area contributed by atoms with Gasteiger partial charge in [0.1, 0.15) is 0 Å². The lowest BCUT2D eigenvalue weighted by molar-refractivity contribution is -0.140. The van der Waals surface area contributed by atoms with Crippen LogP contribution in [0.15, 0.2) is 22.3 Å². The highest BCUT2D eigenvalue weighted by Crippen LogP contribution is 2.37. The van der Waals surface area contributed by atoms with Crippen LogP contribution >= 0.6 is 22.6 Å². The van der Waals surface area contributed by atoms with Gasteiger partial charge in [0.05, 0.1) is 13.2 Å². The van der Waals surface area contributed by atoms with E-state index in [2.05, 4.69) is 73.3 Å². The molecule has 0 unspecified atom stereocenters. The van der Waals surface area contributed by atoms with Gasteiger partial charge in [-0.1, -0.05) is 61.6 Å². The van der Waals surface area contributed by atoms with Gasteiger partial charge in [0.2, 0.25) is 0 Å². The molecule has 0 fully saturated rings. The number of carbonyl (C=O) groups is 1. The number of carbonyl (C=O) groups excluding carboxylic acids is 1. The van der Waals surface area contributed by atoms with E-state index in [1.807, 2.05) is 10.2 Å². The summed E-state index contributed by atoms with van der Waals surface area (Å²) in [6, 6.07) is 0. The highest BCUT2D eigenvalue weighted by Gasteiger charge is 2.38. The Morgan fingerprint density at radius 3 is 2.38 bits per heavy atom. The van der Waals surface area contributed by atoms with E-state index in [9.17, 15) is 4.79 Å². The van der Waals surface area contributed by atoms with Crippen LogP contribution in [-0.2, 0) is 14.0 Å². The van der Waals surface area contributed by atoms with Gasteiger partial charge >= 0.3 is 5.97 Å². The minimum absolute atomic E-state index is 0.108. The number of esters is 1. The first-order chi connectivity index (χ1) is 9.64. The quantitative estimate of drug-likeness (QED) is 0.232. The molecule has 0 aliphatic rings. The molecule has 0 aliphatic carbocycles. The van der Waals surface area contributed by atoms with Crippen LogP contribution in [0.3, 0.4) is 0 Å². The average Bonchev–Trinajstić information content (AvgIpc) is 2.36. The van der Waals surface area contributed by atoms with E-state index in [1.165, 1.54) is 7.11 Å². The van der Waals surface area contributed by atoms with Gasteiger partial charge in [-0.15, -0.1) is 0 Å². The molecule has 5 heteroatoms. The Kier molecular flexibility index (Phi) is 9.72. The number of ether oxygens (including phenoxy) is 1. The molecular formula is C16H29IO3Si. The van der Waals surface area contributed by atoms with Crippen molar-refractivity contribution in [3.63, 3.8) is 0 Å². The first kappa shape index (κ1) is 20.9. The Morgan fingerprint density at radius 2 is 1.90 bits per heavy atom. The maximum absolute atomic E-state index is 11.0. The topological polar surface area (TPSA) is 35.5 Å². The van der Waals surface area contributed by atoms with Gasteiger partial charge in [-0.05, 0) is 35.1 Å². The van der Waals surface area contributed by atoms with Gasteiger partial charge in [0.25, 0.3) is 0 Å². The number of allylic oxidation sites excluding steroid dienone is 1. The lowest BCUT2D eigenvalue weighted by Crippen LogP contribution is -2.43. The van der Waals surface area contributed by atoms with Crippen LogP contribution in [0.5, 0.6) is 0 Å². The van der Waals surface area contributed by atoms with Crippen molar-refractivity contribution in [2.24, 2.45) is 0 Å². The molecule has 0 N–H and O–H groups in total. The minimum atomic E-state index is -1.76. The van der Waals surface area contributed by atoms with Crippen LogP contribution in [0.4, 0.5) is 0 Å². The van der Waals surface area contributed by atoms with E-state index in [4.69, 9.17) is 4.43 Å². The maximum Gasteiger partial charge on any atom is 0.305 e. The Hall–Kier alpha value is -0.143. The normalized spacial score (nSPS) is 14.8. The summed E-state index contributed by atoms with van der Waals surface area (Å²) in [6.07, 6.45) is 8.32. The molecule has 0 spiro atoms. The molecule has 0 radical (unpaired) electrons. The third-order valence-electron chi connectivity index (χ3n) is 3.82. The molecule has 0 aromatic rings. The molecule has 0 aliphatic heterocycles. The second-order valence-electron chi connectivity index (χ2n) is 6.56. The zero-order valence-electron chi connectivity index (χ0n) is 14.1. The van der Waals surface area contributed by atoms with Crippen molar-refractivity contribution < 1.29 is 14.0 Å². The molecular weight excluding hydrogens is 395 g/mol. The van der Waals surface area contributed by atoms with Crippen molar-refractivity contribution in [1.82, 2.24) is 0 Å². The number of rotatable bonds is 8. The minimum Gasteiger partial charge on any atom is -0.469 e. The van der Waals surface area contributed by atoms with E-state index in [1.54, 1.807) is 0 Å². The Balaban J connectivity index is 4.45. The van der Waals surface area contributed by atoms with Crippen LogP contribution in [0.25, 0.3) is 0 Å². The molecule has 0 aromatic heterocycles. The fraction of sp³-hybridized carbons (Fsp3) is 0.688. The fourth-order valence-corrected chi connectivity index (χ4v) is 3.20. The highest BCUT2D eigenvalue weighted by molar-refractivity contribution is 14.1. The molecule has 122 valence electrons. The summed E-state index contributed by atoms with van der Waals surface area (Å²) in [7, 11) is -0.343. The van der Waals surface area contributed by atoms with Gasteiger partial charge in [-0.3, -0.25) is 4.79 Å². The largest absolute Gasteiger partial charge is 0.469 e. The van der Waals surface area contributed by atoms with Crippen LogP contribution in [-0.4, -0.2) is 27.5 Å². The van der Waals surface area contributed by atoms with Crippen LogP contribution in [0, 0.1) is 0 Å². The van der Waals surface area contributed by atoms with Crippen molar-refractivity contribution in [2.45, 2.75) is 64.3 Å². The lowest BCUT2D eigenvalue weighted by atomic mass is 10.2. The van der Waals surface area contributed by atoms with Crippen LogP contribution in [0.2, 0.25) is 18.1 Å². The standard InChI is InChI=1S/C16H29IO3Si/c1-16(2,3)21(5,6)20-14(12-13-17)10-8-7-9-11-15(18)19-4/h7-8,12-14H,9-11H2,1-6H3/b8-7-,13-12+/t14-/m1/s1. The van der Waals surface area contributed by atoms with Gasteiger partial charge in [-0.25, -0.2) is 0 Å². The first-order valence-electron chi connectivity index (χ1n) is 7.30. The zero-order chi connectivity index (χ0) is 16.5. The van der Waals surface area contributed by atoms with E-state index in [0.717, 1.165) is 6.42 Å². The number of methoxy groups -OCH3 is 1. The Morgan fingerprint density at radius 1 is 1.29 bits per heavy atom. The first-order valence-corrected chi connectivity index (χ1v) is 11.5. The zero-order valence-corrected chi connectivity index (χ0v) is 17.3. The predicted octanol–water partition coefficient (Wildman–Crippen LogP) is 5.23. The number of halogens is 1. The average molecular weight is 424 g/mol. The second kappa shape index (κ2) is 9.79. The van der Waals surface area contributed by atoms with E-state index in [-0.39, 0.29) is 17.1 Å². The van der Waals surface area contributed by atoms with Gasteiger partial charge in [0.15, 0.2) is 8.32 Å². The van der Waals surface area contributed by atoms with E-state index in [0.29, 0.717) is 12.8 Å². The summed E-state index contributed by atoms with van der Waals surface area (Å²) in [5.74, 6) is -0.166. The molecule has 0 bridgehead atoms. The molecule has 0 aromatic carbocycles. The molecule has 0 saturated heterocycles. The number of hydrogen-bond acceptors (Lipinski definition) is 3.